The average molecular weight is 311 g/mol. The second-order valence-electron chi connectivity index (χ2n) is 5.26. The minimum absolute atomic E-state index is 0.167. The van der Waals surface area contributed by atoms with Crippen LogP contribution in [0.25, 0.3) is 5.69 Å². The Morgan fingerprint density at radius 2 is 2.00 bits per heavy atom. The molecule has 0 bridgehead atoms. The maximum Gasteiger partial charge on any atom is 0.128 e. The third kappa shape index (κ3) is 3.64. The first kappa shape index (κ1) is 15.4. The minimum atomic E-state index is -0.440. The molecule has 0 radical (unpaired) electrons. The van der Waals surface area contributed by atoms with Gasteiger partial charge in [-0.2, -0.15) is 5.10 Å². The number of hydrogen-bond acceptors (Lipinski definition) is 3. The smallest absolute Gasteiger partial charge is 0.128 e. The number of halogens is 1. The molecule has 4 nitrogen and oxygen atoms in total. The van der Waals surface area contributed by atoms with Gasteiger partial charge in [-0.05, 0) is 29.8 Å². The van der Waals surface area contributed by atoms with Crippen LogP contribution in [-0.2, 0) is 6.54 Å². The van der Waals surface area contributed by atoms with Gasteiger partial charge in [0.1, 0.15) is 5.82 Å². The highest BCUT2D eigenvalue weighted by Crippen LogP contribution is 2.17. The van der Waals surface area contributed by atoms with Crippen LogP contribution in [-0.4, -0.2) is 21.5 Å². The van der Waals surface area contributed by atoms with Crippen molar-refractivity contribution in [3.8, 4) is 5.69 Å². The maximum absolute atomic E-state index is 13.8. The molecule has 3 aromatic rings. The summed E-state index contributed by atoms with van der Waals surface area (Å²) in [5.41, 5.74) is 2.46. The van der Waals surface area contributed by atoms with Gasteiger partial charge in [-0.1, -0.05) is 30.3 Å². The van der Waals surface area contributed by atoms with Gasteiger partial charge >= 0.3 is 0 Å². The average Bonchev–Trinajstić information content (AvgIpc) is 3.12. The number of aromatic nitrogens is 2. The molecule has 2 N–H and O–H groups in total. The molecule has 0 saturated heterocycles. The van der Waals surface area contributed by atoms with Crippen molar-refractivity contribution in [1.29, 1.82) is 0 Å². The predicted octanol–water partition coefficient (Wildman–Crippen LogP) is 2.83. The number of nitrogens with one attached hydrogen (secondary N) is 1. The zero-order valence-electron chi connectivity index (χ0n) is 12.6. The Bertz CT molecular complexity index is 758. The second kappa shape index (κ2) is 7.17. The molecular formula is C18H18FN3O. The Kier molecular flexibility index (Phi) is 4.80. The minimum Gasteiger partial charge on any atom is -0.394 e. The molecule has 0 aliphatic carbocycles. The van der Waals surface area contributed by atoms with E-state index in [1.165, 1.54) is 6.07 Å². The van der Waals surface area contributed by atoms with Crippen LogP contribution in [0.3, 0.4) is 0 Å². The lowest BCUT2D eigenvalue weighted by molar-refractivity contribution is 0.240. The lowest BCUT2D eigenvalue weighted by Gasteiger charge is -2.17. The summed E-state index contributed by atoms with van der Waals surface area (Å²) in [5, 5.41) is 16.9. The lowest BCUT2D eigenvalue weighted by Crippen LogP contribution is -2.25. The van der Waals surface area contributed by atoms with Crippen molar-refractivity contribution in [2.75, 3.05) is 6.61 Å². The van der Waals surface area contributed by atoms with Gasteiger partial charge in [0.2, 0.25) is 0 Å². The monoisotopic (exact) mass is 311 g/mol. The largest absolute Gasteiger partial charge is 0.394 e. The van der Waals surface area contributed by atoms with E-state index in [0.717, 1.165) is 11.3 Å². The van der Waals surface area contributed by atoms with Crippen molar-refractivity contribution >= 4 is 0 Å². The number of rotatable bonds is 6. The molecule has 5 heteroatoms. The Labute approximate surface area is 134 Å². The zero-order chi connectivity index (χ0) is 16.1. The number of aliphatic hydroxyl groups excluding tert-OH is 1. The lowest BCUT2D eigenvalue weighted by atomic mass is 10.1. The van der Waals surface area contributed by atoms with Crippen molar-refractivity contribution < 1.29 is 9.50 Å². The summed E-state index contributed by atoms with van der Waals surface area (Å²) in [7, 11) is 0. The van der Waals surface area contributed by atoms with E-state index in [9.17, 15) is 9.50 Å². The number of hydrogen-bond donors (Lipinski definition) is 2. The SMILES string of the molecule is OC[C@@H](NCc1cccc(-n2cccn2)c1)c1ccccc1F. The number of nitrogens with zero attached hydrogens (tertiary/aromatic N) is 2. The summed E-state index contributed by atoms with van der Waals surface area (Å²) in [6.07, 6.45) is 3.60. The molecular weight excluding hydrogens is 293 g/mol. The van der Waals surface area contributed by atoms with Crippen LogP contribution in [0.5, 0.6) is 0 Å². The van der Waals surface area contributed by atoms with Crippen LogP contribution in [0.4, 0.5) is 4.39 Å². The molecule has 1 heterocycles. The summed E-state index contributed by atoms with van der Waals surface area (Å²) in [6.45, 7) is 0.356. The molecule has 0 fully saturated rings. The van der Waals surface area contributed by atoms with Gasteiger partial charge in [-0.15, -0.1) is 0 Å². The highest BCUT2D eigenvalue weighted by Gasteiger charge is 2.13. The normalized spacial score (nSPS) is 12.3. The molecule has 0 saturated carbocycles. The fraction of sp³-hybridized carbons (Fsp3) is 0.167. The topological polar surface area (TPSA) is 50.1 Å². The standard InChI is InChI=1S/C18H18FN3O/c19-17-8-2-1-7-16(17)18(13-23)20-12-14-5-3-6-15(11-14)22-10-4-9-21-22/h1-11,18,20,23H,12-13H2/t18-/m1/s1. The zero-order valence-corrected chi connectivity index (χ0v) is 12.6. The van der Waals surface area contributed by atoms with E-state index in [0.29, 0.717) is 12.1 Å². The van der Waals surface area contributed by atoms with Crippen LogP contribution in [0.15, 0.2) is 67.0 Å². The highest BCUT2D eigenvalue weighted by atomic mass is 19.1. The van der Waals surface area contributed by atoms with Crippen molar-refractivity contribution in [2.45, 2.75) is 12.6 Å². The van der Waals surface area contributed by atoms with Crippen molar-refractivity contribution in [3.63, 3.8) is 0 Å². The summed E-state index contributed by atoms with van der Waals surface area (Å²) < 4.78 is 15.6. The predicted molar refractivity (Wildman–Crippen MR) is 86.6 cm³/mol. The Balaban J connectivity index is 1.72. The first-order valence-corrected chi connectivity index (χ1v) is 7.45. The molecule has 0 spiro atoms. The van der Waals surface area contributed by atoms with Crippen molar-refractivity contribution in [2.24, 2.45) is 0 Å². The van der Waals surface area contributed by atoms with Crippen LogP contribution in [0.1, 0.15) is 17.2 Å². The van der Waals surface area contributed by atoms with Crippen molar-refractivity contribution in [3.05, 3.63) is 83.9 Å². The summed E-state index contributed by atoms with van der Waals surface area (Å²) in [4.78, 5) is 0. The van der Waals surface area contributed by atoms with E-state index in [1.54, 1.807) is 29.1 Å². The van der Waals surface area contributed by atoms with Crippen LogP contribution < -0.4 is 5.32 Å². The number of aliphatic hydroxyl groups is 1. The Hall–Kier alpha value is -2.50. The molecule has 1 aromatic heterocycles. The van der Waals surface area contributed by atoms with Gasteiger partial charge in [0.05, 0.1) is 18.3 Å². The van der Waals surface area contributed by atoms with Gasteiger partial charge in [-0.25, -0.2) is 9.07 Å². The summed E-state index contributed by atoms with van der Waals surface area (Å²) in [5.74, 6) is -0.315. The molecule has 0 amide bonds. The van der Waals surface area contributed by atoms with Crippen LogP contribution in [0.2, 0.25) is 0 Å². The van der Waals surface area contributed by atoms with Gasteiger partial charge in [0.15, 0.2) is 0 Å². The first-order valence-electron chi connectivity index (χ1n) is 7.45. The second-order valence-corrected chi connectivity index (χ2v) is 5.26. The van der Waals surface area contributed by atoms with Crippen LogP contribution in [0, 0.1) is 5.82 Å². The molecule has 3 rings (SSSR count). The maximum atomic E-state index is 13.8. The molecule has 1 atom stereocenters. The quantitative estimate of drug-likeness (QED) is 0.736. The van der Waals surface area contributed by atoms with Gasteiger partial charge in [-0.3, -0.25) is 0 Å². The molecule has 0 unspecified atom stereocenters. The Morgan fingerprint density at radius 3 is 2.74 bits per heavy atom. The van der Waals surface area contributed by atoms with E-state index < -0.39 is 6.04 Å². The number of benzene rings is 2. The highest BCUT2D eigenvalue weighted by molar-refractivity contribution is 5.35. The van der Waals surface area contributed by atoms with E-state index in [4.69, 9.17) is 0 Å². The Morgan fingerprint density at radius 1 is 1.13 bits per heavy atom. The van der Waals surface area contributed by atoms with E-state index in [2.05, 4.69) is 10.4 Å². The summed E-state index contributed by atoms with van der Waals surface area (Å²) in [6, 6.07) is 15.8. The van der Waals surface area contributed by atoms with E-state index in [-0.39, 0.29) is 12.4 Å². The van der Waals surface area contributed by atoms with E-state index >= 15 is 0 Å². The fourth-order valence-corrected chi connectivity index (χ4v) is 2.50. The van der Waals surface area contributed by atoms with Gasteiger partial charge in [0, 0.05) is 24.5 Å². The first-order chi connectivity index (χ1) is 11.3. The fourth-order valence-electron chi connectivity index (χ4n) is 2.50. The van der Waals surface area contributed by atoms with E-state index in [1.807, 2.05) is 36.5 Å². The molecule has 0 aliphatic heterocycles. The third-order valence-electron chi connectivity index (χ3n) is 3.70. The van der Waals surface area contributed by atoms with Gasteiger partial charge in [0.25, 0.3) is 0 Å². The summed E-state index contributed by atoms with van der Waals surface area (Å²) >= 11 is 0. The third-order valence-corrected chi connectivity index (χ3v) is 3.70. The molecule has 0 aliphatic rings. The van der Waals surface area contributed by atoms with Crippen LogP contribution >= 0.6 is 0 Å². The van der Waals surface area contributed by atoms with Crippen molar-refractivity contribution in [1.82, 2.24) is 15.1 Å². The molecule has 118 valence electrons. The molecule has 23 heavy (non-hydrogen) atoms. The molecule has 2 aromatic carbocycles. The van der Waals surface area contributed by atoms with Gasteiger partial charge < -0.3 is 10.4 Å².